The standard InChI is InChI=1S/C11H13IO7S/c1-7(13)19-10-6-8(12)2-3-9(10)11(14)18-4-5-20(15,16)17/h2-3,6,11,14H,4-5H2,1H3,(H,15,16,17). The molecule has 0 aliphatic rings. The first-order valence-electron chi connectivity index (χ1n) is 5.42. The van der Waals surface area contributed by atoms with Crippen molar-refractivity contribution in [1.82, 2.24) is 0 Å². The molecule has 7 nitrogen and oxygen atoms in total. The van der Waals surface area contributed by atoms with Crippen LogP contribution < -0.4 is 4.74 Å². The highest BCUT2D eigenvalue weighted by atomic mass is 127. The van der Waals surface area contributed by atoms with Crippen molar-refractivity contribution in [2.45, 2.75) is 13.2 Å². The number of hydrogen-bond acceptors (Lipinski definition) is 6. The smallest absolute Gasteiger partial charge is 0.308 e. The quantitative estimate of drug-likeness (QED) is 0.235. The Labute approximate surface area is 129 Å². The number of ether oxygens (including phenoxy) is 2. The van der Waals surface area contributed by atoms with Crippen LogP contribution in [0.15, 0.2) is 18.2 Å². The van der Waals surface area contributed by atoms with Gasteiger partial charge in [-0.15, -0.1) is 0 Å². The molecule has 1 atom stereocenters. The van der Waals surface area contributed by atoms with Crippen molar-refractivity contribution >= 4 is 38.7 Å². The van der Waals surface area contributed by atoms with Gasteiger partial charge in [-0.25, -0.2) is 0 Å². The molecule has 0 heterocycles. The second kappa shape index (κ2) is 7.31. The van der Waals surface area contributed by atoms with E-state index in [-0.39, 0.29) is 11.3 Å². The van der Waals surface area contributed by atoms with E-state index in [1.165, 1.54) is 19.1 Å². The maximum absolute atomic E-state index is 11.0. The highest BCUT2D eigenvalue weighted by molar-refractivity contribution is 14.1. The molecule has 0 amide bonds. The van der Waals surface area contributed by atoms with Gasteiger partial charge < -0.3 is 14.6 Å². The molecule has 1 aromatic carbocycles. The molecule has 0 bridgehead atoms. The third-order valence-electron chi connectivity index (χ3n) is 2.11. The number of benzene rings is 1. The lowest BCUT2D eigenvalue weighted by Crippen LogP contribution is -2.15. The Morgan fingerprint density at radius 3 is 2.65 bits per heavy atom. The Hall–Kier alpha value is -0.750. The zero-order chi connectivity index (χ0) is 15.3. The van der Waals surface area contributed by atoms with Crippen LogP contribution in [0, 0.1) is 3.57 Å². The van der Waals surface area contributed by atoms with Gasteiger partial charge in [-0.05, 0) is 40.8 Å². The molecule has 20 heavy (non-hydrogen) atoms. The number of aliphatic hydroxyl groups is 1. The lowest BCUT2D eigenvalue weighted by Gasteiger charge is -2.15. The van der Waals surface area contributed by atoms with Crippen LogP contribution in [0.25, 0.3) is 0 Å². The number of esters is 1. The number of carbonyl (C=O) groups is 1. The van der Waals surface area contributed by atoms with Crippen LogP contribution in [0.5, 0.6) is 5.75 Å². The number of rotatable bonds is 6. The Bertz CT molecular complexity index is 584. The van der Waals surface area contributed by atoms with Gasteiger partial charge in [-0.3, -0.25) is 9.35 Å². The van der Waals surface area contributed by atoms with E-state index < -0.39 is 34.7 Å². The molecule has 1 aromatic rings. The Morgan fingerprint density at radius 2 is 2.10 bits per heavy atom. The fraction of sp³-hybridized carbons (Fsp3) is 0.364. The van der Waals surface area contributed by atoms with Crippen LogP contribution in [0.2, 0.25) is 0 Å². The average molecular weight is 416 g/mol. The Kier molecular flexibility index (Phi) is 6.33. The van der Waals surface area contributed by atoms with Crippen LogP contribution in [0.4, 0.5) is 0 Å². The summed E-state index contributed by atoms with van der Waals surface area (Å²) in [5, 5.41) is 9.81. The van der Waals surface area contributed by atoms with Crippen molar-refractivity contribution in [3.63, 3.8) is 0 Å². The number of carbonyl (C=O) groups excluding carboxylic acids is 1. The molecule has 0 fully saturated rings. The Balaban J connectivity index is 2.81. The maximum Gasteiger partial charge on any atom is 0.308 e. The summed E-state index contributed by atoms with van der Waals surface area (Å²) < 4.78 is 40.2. The summed E-state index contributed by atoms with van der Waals surface area (Å²) >= 11 is 2.01. The van der Waals surface area contributed by atoms with Gasteiger partial charge in [0.2, 0.25) is 0 Å². The molecule has 0 aromatic heterocycles. The van der Waals surface area contributed by atoms with E-state index in [0.717, 1.165) is 3.57 Å². The van der Waals surface area contributed by atoms with Gasteiger partial charge in [-0.1, -0.05) is 0 Å². The summed E-state index contributed by atoms with van der Waals surface area (Å²) in [5.74, 6) is -1.07. The summed E-state index contributed by atoms with van der Waals surface area (Å²) in [7, 11) is -4.16. The van der Waals surface area contributed by atoms with Crippen molar-refractivity contribution < 1.29 is 32.3 Å². The molecular weight excluding hydrogens is 403 g/mol. The SMILES string of the molecule is CC(=O)Oc1cc(I)ccc1C(O)OCCS(=O)(=O)O. The third kappa shape index (κ3) is 6.13. The van der Waals surface area contributed by atoms with Crippen LogP contribution in [-0.2, 0) is 19.6 Å². The molecule has 0 spiro atoms. The van der Waals surface area contributed by atoms with Gasteiger partial charge >= 0.3 is 5.97 Å². The molecule has 0 aliphatic carbocycles. The van der Waals surface area contributed by atoms with E-state index in [1.54, 1.807) is 6.07 Å². The summed E-state index contributed by atoms with van der Waals surface area (Å²) in [6, 6.07) is 4.70. The van der Waals surface area contributed by atoms with Crippen molar-refractivity contribution in [3.8, 4) is 5.75 Å². The number of halogens is 1. The van der Waals surface area contributed by atoms with Gasteiger partial charge in [0.25, 0.3) is 10.1 Å². The summed E-state index contributed by atoms with van der Waals surface area (Å²) in [4.78, 5) is 11.0. The van der Waals surface area contributed by atoms with Crippen molar-refractivity contribution in [2.24, 2.45) is 0 Å². The molecule has 1 unspecified atom stereocenters. The summed E-state index contributed by atoms with van der Waals surface area (Å²) in [5.41, 5.74) is 0.191. The fourth-order valence-corrected chi connectivity index (χ4v) is 2.08. The van der Waals surface area contributed by atoms with Gasteiger partial charge in [0.15, 0.2) is 6.29 Å². The molecule has 2 N–H and O–H groups in total. The Morgan fingerprint density at radius 1 is 1.45 bits per heavy atom. The van der Waals surface area contributed by atoms with Crippen molar-refractivity contribution in [3.05, 3.63) is 27.3 Å². The van der Waals surface area contributed by atoms with Gasteiger partial charge in [0.05, 0.1) is 17.9 Å². The molecule has 112 valence electrons. The molecule has 0 radical (unpaired) electrons. The fourth-order valence-electron chi connectivity index (χ4n) is 1.31. The highest BCUT2D eigenvalue weighted by Crippen LogP contribution is 2.28. The van der Waals surface area contributed by atoms with Gasteiger partial charge in [0.1, 0.15) is 5.75 Å². The minimum absolute atomic E-state index is 0.128. The van der Waals surface area contributed by atoms with Crippen molar-refractivity contribution in [1.29, 1.82) is 0 Å². The molecule has 9 heteroatoms. The highest BCUT2D eigenvalue weighted by Gasteiger charge is 2.17. The zero-order valence-corrected chi connectivity index (χ0v) is 13.4. The molecule has 0 aliphatic heterocycles. The zero-order valence-electron chi connectivity index (χ0n) is 10.4. The predicted molar refractivity (Wildman–Crippen MR) is 77.8 cm³/mol. The van der Waals surface area contributed by atoms with E-state index in [9.17, 15) is 18.3 Å². The number of aliphatic hydroxyl groups excluding tert-OH is 1. The minimum atomic E-state index is -4.16. The van der Waals surface area contributed by atoms with E-state index in [1.807, 2.05) is 22.6 Å². The van der Waals surface area contributed by atoms with Crippen LogP contribution >= 0.6 is 22.6 Å². The van der Waals surface area contributed by atoms with Crippen molar-refractivity contribution in [2.75, 3.05) is 12.4 Å². The van der Waals surface area contributed by atoms with E-state index >= 15 is 0 Å². The van der Waals surface area contributed by atoms with E-state index in [0.29, 0.717) is 0 Å². The second-order valence-corrected chi connectivity index (χ2v) is 6.60. The molecular formula is C11H13IO7S. The first kappa shape index (κ1) is 17.3. The van der Waals surface area contributed by atoms with E-state index in [4.69, 9.17) is 14.0 Å². The summed E-state index contributed by atoms with van der Waals surface area (Å²) in [6.07, 6.45) is -1.47. The summed E-state index contributed by atoms with van der Waals surface area (Å²) in [6.45, 7) is 0.820. The lowest BCUT2D eigenvalue weighted by molar-refractivity contribution is -0.132. The third-order valence-corrected chi connectivity index (χ3v) is 3.47. The normalized spacial score (nSPS) is 13.0. The molecule has 0 saturated heterocycles. The van der Waals surface area contributed by atoms with Gasteiger partial charge in [-0.2, -0.15) is 8.42 Å². The first-order valence-corrected chi connectivity index (χ1v) is 8.10. The average Bonchev–Trinajstić information content (AvgIpc) is 2.26. The first-order chi connectivity index (χ1) is 9.19. The van der Waals surface area contributed by atoms with Crippen LogP contribution in [0.3, 0.4) is 0 Å². The largest absolute Gasteiger partial charge is 0.426 e. The minimum Gasteiger partial charge on any atom is -0.426 e. The molecule has 1 rings (SSSR count). The lowest BCUT2D eigenvalue weighted by atomic mass is 10.2. The topological polar surface area (TPSA) is 110 Å². The number of hydrogen-bond donors (Lipinski definition) is 2. The van der Waals surface area contributed by atoms with Crippen LogP contribution in [0.1, 0.15) is 18.8 Å². The molecule has 0 saturated carbocycles. The predicted octanol–water partition coefficient (Wildman–Crippen LogP) is 1.11. The van der Waals surface area contributed by atoms with Crippen LogP contribution in [-0.4, -0.2) is 36.4 Å². The van der Waals surface area contributed by atoms with Gasteiger partial charge in [0, 0.05) is 10.5 Å². The monoisotopic (exact) mass is 416 g/mol. The maximum atomic E-state index is 11.0. The second-order valence-electron chi connectivity index (χ2n) is 3.78. The van der Waals surface area contributed by atoms with E-state index in [2.05, 4.69) is 0 Å².